The molecule has 136 valence electrons. The van der Waals surface area contributed by atoms with Crippen molar-refractivity contribution >= 4 is 28.8 Å². The lowest BCUT2D eigenvalue weighted by Crippen LogP contribution is -2.39. The summed E-state index contributed by atoms with van der Waals surface area (Å²) in [6.45, 7) is 2.03. The van der Waals surface area contributed by atoms with Gasteiger partial charge in [0.2, 0.25) is 11.8 Å². The molecule has 2 amide bonds. The number of aryl methyl sites for hydroxylation is 1. The molecule has 4 rings (SSSR count). The monoisotopic (exact) mass is 368 g/mol. The molecule has 0 radical (unpaired) electrons. The largest absolute Gasteiger partial charge is 0.353 e. The molecule has 5 heteroatoms. The Bertz CT molecular complexity index is 779. The molecule has 1 aromatic heterocycles. The van der Waals surface area contributed by atoms with Gasteiger partial charge in [0.05, 0.1) is 12.0 Å². The number of carbonyl (C=O) groups is 2. The lowest BCUT2D eigenvalue weighted by atomic mass is 9.97. The van der Waals surface area contributed by atoms with Crippen molar-refractivity contribution in [2.24, 2.45) is 5.92 Å². The number of nitrogens with zero attached hydrogens (tertiary/aromatic N) is 1. The first-order chi connectivity index (χ1) is 12.6. The van der Waals surface area contributed by atoms with E-state index >= 15 is 0 Å². The zero-order chi connectivity index (χ0) is 18.1. The molecule has 4 nitrogen and oxygen atoms in total. The highest BCUT2D eigenvalue weighted by Crippen LogP contribution is 2.43. The van der Waals surface area contributed by atoms with E-state index in [4.69, 9.17) is 0 Å². The first-order valence-electron chi connectivity index (χ1n) is 9.36. The molecule has 1 saturated heterocycles. The van der Waals surface area contributed by atoms with Gasteiger partial charge in [0.15, 0.2) is 0 Å². The summed E-state index contributed by atoms with van der Waals surface area (Å²) >= 11 is 1.61. The van der Waals surface area contributed by atoms with Crippen molar-refractivity contribution in [3.63, 3.8) is 0 Å². The predicted octanol–water partition coefficient (Wildman–Crippen LogP) is 4.21. The summed E-state index contributed by atoms with van der Waals surface area (Å²) in [7, 11) is 0. The van der Waals surface area contributed by atoms with Crippen LogP contribution in [0.25, 0.3) is 0 Å². The minimum atomic E-state index is -0.331. The Morgan fingerprint density at radius 2 is 1.88 bits per heavy atom. The van der Waals surface area contributed by atoms with E-state index in [1.165, 1.54) is 12.8 Å². The van der Waals surface area contributed by atoms with E-state index in [-0.39, 0.29) is 36.2 Å². The van der Waals surface area contributed by atoms with Crippen molar-refractivity contribution in [1.29, 1.82) is 0 Å². The molecular weight excluding hydrogens is 344 g/mol. The van der Waals surface area contributed by atoms with Gasteiger partial charge in [-0.15, -0.1) is 11.3 Å². The Hall–Kier alpha value is -2.14. The van der Waals surface area contributed by atoms with Crippen LogP contribution >= 0.6 is 11.3 Å². The molecule has 2 fully saturated rings. The van der Waals surface area contributed by atoms with Crippen molar-refractivity contribution in [2.45, 2.75) is 51.1 Å². The molecule has 1 aliphatic carbocycles. The third-order valence-electron chi connectivity index (χ3n) is 5.51. The van der Waals surface area contributed by atoms with E-state index in [9.17, 15) is 9.59 Å². The zero-order valence-corrected chi connectivity index (χ0v) is 15.8. The second-order valence-electron chi connectivity index (χ2n) is 7.36. The van der Waals surface area contributed by atoms with E-state index < -0.39 is 0 Å². The quantitative estimate of drug-likeness (QED) is 0.879. The van der Waals surface area contributed by atoms with Gasteiger partial charge in [-0.05, 0) is 43.3 Å². The SMILES string of the molecule is Cc1ccc(N2C(=O)CC(C(=O)NC3CCCC3)C2c2cccs2)cc1. The maximum Gasteiger partial charge on any atom is 0.228 e. The molecule has 1 aromatic carbocycles. The van der Waals surface area contributed by atoms with Gasteiger partial charge in [-0.2, -0.15) is 0 Å². The van der Waals surface area contributed by atoms with Crippen LogP contribution in [-0.4, -0.2) is 17.9 Å². The molecular formula is C21H24N2O2S. The molecule has 2 atom stereocenters. The van der Waals surface area contributed by atoms with Gasteiger partial charge in [0.25, 0.3) is 0 Å². The first-order valence-corrected chi connectivity index (χ1v) is 10.2. The Morgan fingerprint density at radius 1 is 1.15 bits per heavy atom. The average molecular weight is 369 g/mol. The molecule has 26 heavy (non-hydrogen) atoms. The summed E-state index contributed by atoms with van der Waals surface area (Å²) in [5.41, 5.74) is 2.03. The smallest absolute Gasteiger partial charge is 0.228 e. The fourth-order valence-electron chi connectivity index (χ4n) is 4.14. The number of benzene rings is 1. The summed E-state index contributed by atoms with van der Waals surface area (Å²) in [5.74, 6) is -0.278. The fourth-order valence-corrected chi connectivity index (χ4v) is 5.02. The van der Waals surface area contributed by atoms with Crippen LogP contribution < -0.4 is 10.2 Å². The molecule has 1 aliphatic heterocycles. The number of hydrogen-bond acceptors (Lipinski definition) is 3. The third-order valence-corrected chi connectivity index (χ3v) is 6.45. The van der Waals surface area contributed by atoms with E-state index in [1.54, 1.807) is 11.3 Å². The second kappa shape index (κ2) is 7.23. The number of hydrogen-bond donors (Lipinski definition) is 1. The first kappa shape index (κ1) is 17.3. The number of nitrogens with one attached hydrogen (secondary N) is 1. The van der Waals surface area contributed by atoms with Gasteiger partial charge >= 0.3 is 0 Å². The van der Waals surface area contributed by atoms with E-state index in [0.29, 0.717) is 0 Å². The van der Waals surface area contributed by atoms with Crippen LogP contribution in [0.1, 0.15) is 48.6 Å². The summed E-state index contributed by atoms with van der Waals surface area (Å²) in [6, 6.07) is 12.1. The summed E-state index contributed by atoms with van der Waals surface area (Å²) in [4.78, 5) is 28.8. The van der Waals surface area contributed by atoms with Crippen LogP contribution in [-0.2, 0) is 9.59 Å². The normalized spacial score (nSPS) is 23.6. The van der Waals surface area contributed by atoms with Crippen molar-refractivity contribution in [3.05, 3.63) is 52.2 Å². The van der Waals surface area contributed by atoms with Crippen LogP contribution in [0.3, 0.4) is 0 Å². The minimum Gasteiger partial charge on any atom is -0.353 e. The topological polar surface area (TPSA) is 49.4 Å². The van der Waals surface area contributed by atoms with Crippen molar-refractivity contribution in [1.82, 2.24) is 5.32 Å². The van der Waals surface area contributed by atoms with Crippen LogP contribution in [0.4, 0.5) is 5.69 Å². The number of anilines is 1. The zero-order valence-electron chi connectivity index (χ0n) is 15.0. The molecule has 1 N–H and O–H groups in total. The fraction of sp³-hybridized carbons (Fsp3) is 0.429. The van der Waals surface area contributed by atoms with Crippen molar-refractivity contribution in [2.75, 3.05) is 4.90 Å². The summed E-state index contributed by atoms with van der Waals surface area (Å²) in [5, 5.41) is 5.21. The third kappa shape index (κ3) is 3.28. The maximum atomic E-state index is 13.0. The molecule has 2 aliphatic rings. The van der Waals surface area contributed by atoms with Gasteiger partial charge in [-0.1, -0.05) is 36.6 Å². The Balaban J connectivity index is 1.64. The lowest BCUT2D eigenvalue weighted by Gasteiger charge is -2.28. The lowest BCUT2D eigenvalue weighted by molar-refractivity contribution is -0.127. The van der Waals surface area contributed by atoms with Gasteiger partial charge in [0.1, 0.15) is 0 Å². The van der Waals surface area contributed by atoms with Crippen LogP contribution in [0.5, 0.6) is 0 Å². The van der Waals surface area contributed by atoms with E-state index in [0.717, 1.165) is 29.0 Å². The number of carbonyl (C=O) groups excluding carboxylic acids is 2. The van der Waals surface area contributed by atoms with Crippen LogP contribution in [0.2, 0.25) is 0 Å². The minimum absolute atomic E-state index is 0.0262. The maximum absolute atomic E-state index is 13.0. The second-order valence-corrected chi connectivity index (χ2v) is 8.34. The number of thiophene rings is 1. The average Bonchev–Trinajstić information content (AvgIpc) is 3.36. The summed E-state index contributed by atoms with van der Waals surface area (Å²) in [6.07, 6.45) is 4.74. The molecule has 0 spiro atoms. The van der Waals surface area contributed by atoms with Gasteiger partial charge in [-0.3, -0.25) is 9.59 Å². The number of rotatable bonds is 4. The van der Waals surface area contributed by atoms with Crippen molar-refractivity contribution < 1.29 is 9.59 Å². The molecule has 2 aromatic rings. The summed E-state index contributed by atoms with van der Waals surface area (Å²) < 4.78 is 0. The Morgan fingerprint density at radius 3 is 2.54 bits per heavy atom. The molecule has 2 unspecified atom stereocenters. The standard InChI is InChI=1S/C21H24N2O2S/c1-14-8-10-16(11-9-14)23-19(24)13-17(20(23)18-7-4-12-26-18)21(25)22-15-5-2-3-6-15/h4,7-12,15,17,20H,2-3,5-6,13H2,1H3,(H,22,25). The Labute approximate surface area is 158 Å². The number of amides is 2. The molecule has 2 heterocycles. The van der Waals surface area contributed by atoms with Gasteiger partial charge < -0.3 is 10.2 Å². The van der Waals surface area contributed by atoms with Gasteiger partial charge in [0, 0.05) is 23.0 Å². The van der Waals surface area contributed by atoms with Crippen LogP contribution in [0, 0.1) is 12.8 Å². The van der Waals surface area contributed by atoms with Gasteiger partial charge in [-0.25, -0.2) is 0 Å². The molecule has 1 saturated carbocycles. The molecule has 0 bridgehead atoms. The van der Waals surface area contributed by atoms with E-state index in [1.807, 2.05) is 53.6 Å². The highest BCUT2D eigenvalue weighted by molar-refractivity contribution is 7.10. The highest BCUT2D eigenvalue weighted by atomic mass is 32.1. The predicted molar refractivity (Wildman–Crippen MR) is 104 cm³/mol. The van der Waals surface area contributed by atoms with E-state index in [2.05, 4.69) is 5.32 Å². The Kier molecular flexibility index (Phi) is 4.81. The highest BCUT2D eigenvalue weighted by Gasteiger charge is 2.46. The van der Waals surface area contributed by atoms with Crippen LogP contribution in [0.15, 0.2) is 41.8 Å². The van der Waals surface area contributed by atoms with Crippen molar-refractivity contribution in [3.8, 4) is 0 Å².